The Labute approximate surface area is 85.7 Å². The van der Waals surface area contributed by atoms with E-state index in [9.17, 15) is 0 Å². The SMILES string of the molecule is CC(C)N1CCC(=C(Cl)CN)CC1. The third-order valence-corrected chi connectivity index (χ3v) is 3.12. The molecule has 76 valence electrons. The molecule has 0 bridgehead atoms. The fourth-order valence-corrected chi connectivity index (χ4v) is 1.91. The predicted molar refractivity (Wildman–Crippen MR) is 57.9 cm³/mol. The van der Waals surface area contributed by atoms with Gasteiger partial charge < -0.3 is 10.6 Å². The first-order valence-electron chi connectivity index (χ1n) is 4.95. The summed E-state index contributed by atoms with van der Waals surface area (Å²) in [5.41, 5.74) is 6.86. The van der Waals surface area contributed by atoms with Gasteiger partial charge in [0.2, 0.25) is 0 Å². The summed E-state index contributed by atoms with van der Waals surface area (Å²) in [4.78, 5) is 2.48. The number of nitrogens with two attached hydrogens (primary N) is 1. The Hall–Kier alpha value is -0.0500. The number of nitrogens with zero attached hydrogens (tertiary/aromatic N) is 1. The molecule has 2 N–H and O–H groups in total. The van der Waals surface area contributed by atoms with Crippen LogP contribution in [-0.4, -0.2) is 30.6 Å². The van der Waals surface area contributed by atoms with Crippen molar-refractivity contribution in [3.8, 4) is 0 Å². The van der Waals surface area contributed by atoms with Crippen LogP contribution >= 0.6 is 11.6 Å². The molecule has 1 fully saturated rings. The molecule has 0 aromatic heterocycles. The van der Waals surface area contributed by atoms with Crippen molar-refractivity contribution in [1.82, 2.24) is 4.90 Å². The average molecular weight is 203 g/mol. The van der Waals surface area contributed by atoms with Gasteiger partial charge in [0.25, 0.3) is 0 Å². The summed E-state index contributed by atoms with van der Waals surface area (Å²) < 4.78 is 0. The number of halogens is 1. The summed E-state index contributed by atoms with van der Waals surface area (Å²) >= 11 is 6.01. The van der Waals surface area contributed by atoms with Gasteiger partial charge in [-0.1, -0.05) is 17.2 Å². The summed E-state index contributed by atoms with van der Waals surface area (Å²) in [6.45, 7) is 7.23. The molecule has 13 heavy (non-hydrogen) atoms. The predicted octanol–water partition coefficient (Wildman–Crippen LogP) is 1.94. The second-order valence-corrected chi connectivity index (χ2v) is 4.30. The molecule has 0 aromatic rings. The Morgan fingerprint density at radius 1 is 1.46 bits per heavy atom. The van der Waals surface area contributed by atoms with E-state index in [2.05, 4.69) is 18.7 Å². The Bertz CT molecular complexity index is 189. The van der Waals surface area contributed by atoms with Gasteiger partial charge in [0, 0.05) is 30.7 Å². The van der Waals surface area contributed by atoms with Gasteiger partial charge in [0.05, 0.1) is 0 Å². The molecule has 2 nitrogen and oxygen atoms in total. The highest BCUT2D eigenvalue weighted by molar-refractivity contribution is 6.30. The largest absolute Gasteiger partial charge is 0.326 e. The van der Waals surface area contributed by atoms with E-state index in [1.54, 1.807) is 0 Å². The van der Waals surface area contributed by atoms with E-state index in [1.807, 2.05) is 0 Å². The molecule has 0 amide bonds. The van der Waals surface area contributed by atoms with Crippen molar-refractivity contribution < 1.29 is 0 Å². The van der Waals surface area contributed by atoms with E-state index in [-0.39, 0.29) is 0 Å². The maximum Gasteiger partial charge on any atom is 0.0309 e. The van der Waals surface area contributed by atoms with Crippen molar-refractivity contribution in [2.45, 2.75) is 32.7 Å². The van der Waals surface area contributed by atoms with Gasteiger partial charge in [0.15, 0.2) is 0 Å². The normalized spacial score (nSPS) is 19.6. The first-order valence-corrected chi connectivity index (χ1v) is 5.33. The maximum absolute atomic E-state index is 6.01. The van der Waals surface area contributed by atoms with Crippen molar-refractivity contribution >= 4 is 11.6 Å². The van der Waals surface area contributed by atoms with Crippen molar-refractivity contribution in [3.05, 3.63) is 10.6 Å². The molecule has 1 aliphatic heterocycles. The van der Waals surface area contributed by atoms with Gasteiger partial charge in [-0.3, -0.25) is 0 Å². The van der Waals surface area contributed by atoms with Gasteiger partial charge in [0.1, 0.15) is 0 Å². The molecular weight excluding hydrogens is 184 g/mol. The number of rotatable bonds is 2. The molecule has 0 radical (unpaired) electrons. The average Bonchev–Trinajstić information content (AvgIpc) is 2.17. The van der Waals surface area contributed by atoms with Crippen LogP contribution in [0.1, 0.15) is 26.7 Å². The monoisotopic (exact) mass is 202 g/mol. The van der Waals surface area contributed by atoms with E-state index in [4.69, 9.17) is 17.3 Å². The number of hydrogen-bond acceptors (Lipinski definition) is 2. The molecule has 0 aromatic carbocycles. The maximum atomic E-state index is 6.01. The summed E-state index contributed by atoms with van der Waals surface area (Å²) in [5.74, 6) is 0. The molecule has 1 aliphatic rings. The van der Waals surface area contributed by atoms with Crippen LogP contribution in [-0.2, 0) is 0 Å². The van der Waals surface area contributed by atoms with Crippen LogP contribution < -0.4 is 5.73 Å². The topological polar surface area (TPSA) is 29.3 Å². The minimum Gasteiger partial charge on any atom is -0.326 e. The van der Waals surface area contributed by atoms with Crippen molar-refractivity contribution in [2.24, 2.45) is 5.73 Å². The molecule has 1 rings (SSSR count). The lowest BCUT2D eigenvalue weighted by atomic mass is 10.0. The Morgan fingerprint density at radius 2 is 2.00 bits per heavy atom. The minimum absolute atomic E-state index is 0.499. The van der Waals surface area contributed by atoms with Crippen LogP contribution in [0.15, 0.2) is 10.6 Å². The van der Waals surface area contributed by atoms with Crippen molar-refractivity contribution in [1.29, 1.82) is 0 Å². The van der Waals surface area contributed by atoms with Crippen LogP contribution in [0.2, 0.25) is 0 Å². The lowest BCUT2D eigenvalue weighted by Crippen LogP contribution is -2.36. The van der Waals surface area contributed by atoms with Gasteiger partial charge in [-0.15, -0.1) is 0 Å². The van der Waals surface area contributed by atoms with Gasteiger partial charge >= 0.3 is 0 Å². The highest BCUT2D eigenvalue weighted by Gasteiger charge is 2.17. The van der Waals surface area contributed by atoms with E-state index in [1.165, 1.54) is 5.57 Å². The van der Waals surface area contributed by atoms with E-state index in [0.717, 1.165) is 31.0 Å². The summed E-state index contributed by atoms with van der Waals surface area (Å²) in [7, 11) is 0. The van der Waals surface area contributed by atoms with E-state index < -0.39 is 0 Å². The van der Waals surface area contributed by atoms with Crippen LogP contribution in [0.5, 0.6) is 0 Å². The van der Waals surface area contributed by atoms with Crippen LogP contribution in [0.25, 0.3) is 0 Å². The van der Waals surface area contributed by atoms with Crippen molar-refractivity contribution in [3.63, 3.8) is 0 Å². The van der Waals surface area contributed by atoms with Gasteiger partial charge in [-0.05, 0) is 26.7 Å². The number of likely N-dealkylation sites (tertiary alicyclic amines) is 1. The highest BCUT2D eigenvalue weighted by atomic mass is 35.5. The molecule has 1 heterocycles. The minimum atomic E-state index is 0.499. The highest BCUT2D eigenvalue weighted by Crippen LogP contribution is 2.22. The van der Waals surface area contributed by atoms with E-state index >= 15 is 0 Å². The lowest BCUT2D eigenvalue weighted by Gasteiger charge is -2.32. The second-order valence-electron chi connectivity index (χ2n) is 3.84. The summed E-state index contributed by atoms with van der Waals surface area (Å²) in [5, 5.41) is 0.878. The van der Waals surface area contributed by atoms with Gasteiger partial charge in [-0.25, -0.2) is 0 Å². The Balaban J connectivity index is 2.48. The molecule has 0 aliphatic carbocycles. The Kier molecular flexibility index (Phi) is 4.23. The molecule has 0 saturated carbocycles. The van der Waals surface area contributed by atoms with E-state index in [0.29, 0.717) is 12.6 Å². The smallest absolute Gasteiger partial charge is 0.0309 e. The summed E-state index contributed by atoms with van der Waals surface area (Å²) in [6, 6.07) is 0.651. The second kappa shape index (κ2) is 4.99. The standard InChI is InChI=1S/C10H19ClN2/c1-8(2)13-5-3-9(4-6-13)10(11)7-12/h8H,3-7,12H2,1-2H3. The summed E-state index contributed by atoms with van der Waals surface area (Å²) in [6.07, 6.45) is 2.18. The Morgan fingerprint density at radius 3 is 2.38 bits per heavy atom. The van der Waals surface area contributed by atoms with Crippen LogP contribution in [0, 0.1) is 0 Å². The fourth-order valence-electron chi connectivity index (χ4n) is 1.73. The first kappa shape index (κ1) is 11.0. The molecule has 3 heteroatoms. The molecule has 0 atom stereocenters. The zero-order valence-electron chi connectivity index (χ0n) is 8.52. The zero-order valence-corrected chi connectivity index (χ0v) is 9.27. The van der Waals surface area contributed by atoms with Crippen LogP contribution in [0.4, 0.5) is 0 Å². The third-order valence-electron chi connectivity index (χ3n) is 2.69. The lowest BCUT2D eigenvalue weighted by molar-refractivity contribution is 0.207. The quantitative estimate of drug-likeness (QED) is 0.742. The van der Waals surface area contributed by atoms with Crippen LogP contribution in [0.3, 0.4) is 0 Å². The number of piperidine rings is 1. The fraction of sp³-hybridized carbons (Fsp3) is 0.800. The van der Waals surface area contributed by atoms with Gasteiger partial charge in [-0.2, -0.15) is 0 Å². The number of hydrogen-bond donors (Lipinski definition) is 1. The molecular formula is C10H19ClN2. The molecule has 0 spiro atoms. The molecule has 0 unspecified atom stereocenters. The van der Waals surface area contributed by atoms with Crippen molar-refractivity contribution in [2.75, 3.05) is 19.6 Å². The first-order chi connectivity index (χ1) is 6.15. The third kappa shape index (κ3) is 2.97. The molecule has 1 saturated heterocycles. The zero-order chi connectivity index (χ0) is 9.84.